The highest BCUT2D eigenvalue weighted by molar-refractivity contribution is 9.10. The van der Waals surface area contributed by atoms with Gasteiger partial charge in [-0.25, -0.2) is 4.90 Å². The van der Waals surface area contributed by atoms with Crippen LogP contribution < -0.4 is 4.90 Å². The van der Waals surface area contributed by atoms with Gasteiger partial charge in [0, 0.05) is 16.8 Å². The fourth-order valence-electron chi connectivity index (χ4n) is 4.83. The first-order chi connectivity index (χ1) is 12.1. The molecule has 3 aliphatic carbocycles. The van der Waals surface area contributed by atoms with Gasteiger partial charge in [0.05, 0.1) is 23.4 Å². The molecule has 0 aromatic heterocycles. The van der Waals surface area contributed by atoms with Gasteiger partial charge >= 0.3 is 0 Å². The average molecular weight is 396 g/mol. The number of halogens is 1. The summed E-state index contributed by atoms with van der Waals surface area (Å²) in [5, 5.41) is 0. The molecule has 1 saturated heterocycles. The van der Waals surface area contributed by atoms with Crippen LogP contribution in [0, 0.1) is 11.8 Å². The van der Waals surface area contributed by atoms with Gasteiger partial charge in [-0.2, -0.15) is 0 Å². The quantitative estimate of drug-likeness (QED) is 0.695. The van der Waals surface area contributed by atoms with Crippen molar-refractivity contribution in [2.24, 2.45) is 11.8 Å². The van der Waals surface area contributed by atoms with E-state index in [-0.39, 0.29) is 23.5 Å². The van der Waals surface area contributed by atoms with Crippen LogP contribution in [-0.4, -0.2) is 17.6 Å². The van der Waals surface area contributed by atoms with Crippen LogP contribution in [0.1, 0.15) is 29.4 Å². The minimum absolute atomic E-state index is 0.0854. The van der Waals surface area contributed by atoms with Crippen molar-refractivity contribution in [3.8, 4) is 0 Å². The van der Waals surface area contributed by atoms with Crippen molar-refractivity contribution < 1.29 is 14.4 Å². The van der Waals surface area contributed by atoms with Crippen LogP contribution >= 0.6 is 15.9 Å². The Morgan fingerprint density at radius 3 is 2.36 bits per heavy atom. The fraction of sp³-hybridized carbons (Fsp3) is 0.250. The predicted molar refractivity (Wildman–Crippen MR) is 95.2 cm³/mol. The Morgan fingerprint density at radius 1 is 0.880 bits per heavy atom. The van der Waals surface area contributed by atoms with E-state index in [0.717, 1.165) is 15.6 Å². The number of benzene rings is 2. The molecule has 0 radical (unpaired) electrons. The second-order valence-corrected chi connectivity index (χ2v) is 7.84. The molecule has 2 aromatic rings. The van der Waals surface area contributed by atoms with Gasteiger partial charge in [-0.3, -0.25) is 14.4 Å². The average Bonchev–Trinajstić information content (AvgIpc) is 2.87. The van der Waals surface area contributed by atoms with Gasteiger partial charge in [0.15, 0.2) is 0 Å². The molecule has 1 saturated carbocycles. The van der Waals surface area contributed by atoms with Crippen LogP contribution in [0.15, 0.2) is 53.0 Å². The lowest BCUT2D eigenvalue weighted by Crippen LogP contribution is -2.44. The fourth-order valence-corrected chi connectivity index (χ4v) is 5.22. The van der Waals surface area contributed by atoms with E-state index in [0.29, 0.717) is 12.1 Å². The molecule has 2 bridgehead atoms. The summed E-state index contributed by atoms with van der Waals surface area (Å²) in [6, 6.07) is 14.9. The molecule has 25 heavy (non-hydrogen) atoms. The molecule has 4 atom stereocenters. The predicted octanol–water partition coefficient (Wildman–Crippen LogP) is 3.41. The molecular formula is C20H14BrNO3. The minimum atomic E-state index is -0.562. The molecule has 124 valence electrons. The molecule has 2 amide bonds. The third-order valence-electron chi connectivity index (χ3n) is 5.76. The van der Waals surface area contributed by atoms with E-state index < -0.39 is 17.8 Å². The highest BCUT2D eigenvalue weighted by Gasteiger charge is 2.62. The molecule has 4 nitrogen and oxygen atoms in total. The first-order valence-corrected chi connectivity index (χ1v) is 9.12. The first kappa shape index (κ1) is 15.0. The smallest absolute Gasteiger partial charge is 0.238 e. The van der Waals surface area contributed by atoms with Crippen LogP contribution in [0.5, 0.6) is 0 Å². The zero-order valence-electron chi connectivity index (χ0n) is 13.2. The summed E-state index contributed by atoms with van der Waals surface area (Å²) in [7, 11) is 0. The number of nitrogens with zero attached hydrogens (tertiary/aromatic N) is 1. The topological polar surface area (TPSA) is 54.5 Å². The van der Waals surface area contributed by atoms with E-state index in [9.17, 15) is 14.4 Å². The maximum absolute atomic E-state index is 13.1. The van der Waals surface area contributed by atoms with E-state index in [1.807, 2.05) is 30.3 Å². The zero-order valence-corrected chi connectivity index (χ0v) is 14.8. The summed E-state index contributed by atoms with van der Waals surface area (Å²) in [6.45, 7) is 0. The first-order valence-electron chi connectivity index (χ1n) is 8.33. The van der Waals surface area contributed by atoms with E-state index in [2.05, 4.69) is 15.9 Å². The number of carbonyl (C=O) groups is 3. The molecule has 1 heterocycles. The molecule has 0 unspecified atom stereocenters. The van der Waals surface area contributed by atoms with Crippen molar-refractivity contribution in [3.63, 3.8) is 0 Å². The molecular weight excluding hydrogens is 382 g/mol. The third kappa shape index (κ3) is 1.90. The Bertz CT molecular complexity index is 953. The molecule has 0 N–H and O–H groups in total. The van der Waals surface area contributed by atoms with Gasteiger partial charge in [0.1, 0.15) is 5.78 Å². The lowest BCUT2D eigenvalue weighted by atomic mass is 9.56. The monoisotopic (exact) mass is 395 g/mol. The Morgan fingerprint density at radius 2 is 1.60 bits per heavy atom. The van der Waals surface area contributed by atoms with Gasteiger partial charge in [0.2, 0.25) is 11.8 Å². The zero-order chi connectivity index (χ0) is 17.3. The highest BCUT2D eigenvalue weighted by atomic mass is 79.9. The van der Waals surface area contributed by atoms with E-state index in [4.69, 9.17) is 0 Å². The number of ketones is 1. The minimum Gasteiger partial charge on any atom is -0.299 e. The molecule has 5 heteroatoms. The maximum atomic E-state index is 13.1. The summed E-state index contributed by atoms with van der Waals surface area (Å²) >= 11 is 3.39. The molecule has 0 spiro atoms. The number of rotatable bonds is 1. The lowest BCUT2D eigenvalue weighted by molar-refractivity contribution is -0.134. The van der Waals surface area contributed by atoms with Crippen molar-refractivity contribution in [1.29, 1.82) is 0 Å². The molecule has 2 fully saturated rings. The van der Waals surface area contributed by atoms with Gasteiger partial charge in [0.25, 0.3) is 0 Å². The number of Topliss-reactive ketones (excluding diaryl/α,β-unsaturated/α-hetero) is 1. The number of hydrogen-bond donors (Lipinski definition) is 0. The van der Waals surface area contributed by atoms with E-state index >= 15 is 0 Å². The summed E-state index contributed by atoms with van der Waals surface area (Å²) < 4.78 is 0.808. The van der Waals surface area contributed by atoms with Crippen LogP contribution in [0.3, 0.4) is 0 Å². The Balaban J connectivity index is 1.66. The molecule has 1 aliphatic heterocycles. The largest absolute Gasteiger partial charge is 0.299 e. The number of fused-ring (bicyclic) bond motifs is 1. The van der Waals surface area contributed by atoms with E-state index in [1.54, 1.807) is 18.2 Å². The maximum Gasteiger partial charge on any atom is 0.238 e. The summed E-state index contributed by atoms with van der Waals surface area (Å²) in [4.78, 5) is 40.2. The number of anilines is 1. The number of amides is 2. The van der Waals surface area contributed by atoms with Crippen molar-refractivity contribution in [2.45, 2.75) is 18.3 Å². The van der Waals surface area contributed by atoms with Crippen LogP contribution in [0.25, 0.3) is 0 Å². The van der Waals surface area contributed by atoms with Crippen LogP contribution in [-0.2, 0) is 14.4 Å². The number of hydrogen-bond acceptors (Lipinski definition) is 3. The second kappa shape index (κ2) is 5.11. The van der Waals surface area contributed by atoms with Gasteiger partial charge in [-0.1, -0.05) is 46.3 Å². The Hall–Kier alpha value is -2.27. The normalized spacial score (nSPS) is 29.8. The van der Waals surface area contributed by atoms with Crippen molar-refractivity contribution in [2.75, 3.05) is 4.90 Å². The van der Waals surface area contributed by atoms with Gasteiger partial charge in [-0.15, -0.1) is 0 Å². The van der Waals surface area contributed by atoms with Crippen molar-refractivity contribution in [3.05, 3.63) is 64.1 Å². The summed E-state index contributed by atoms with van der Waals surface area (Å²) in [5.41, 5.74) is 2.56. The SMILES string of the molecule is O=C1C[C@H]2c3ccccc3[C@H]1[C@H]1C(=O)N(c3cccc(Br)c3)C(=O)[C@@H]12. The van der Waals surface area contributed by atoms with E-state index in [1.165, 1.54) is 4.90 Å². The molecule has 4 aliphatic rings. The Kier molecular flexibility index (Phi) is 3.07. The summed E-state index contributed by atoms with van der Waals surface area (Å²) in [5.74, 6) is -2.00. The Labute approximate surface area is 153 Å². The van der Waals surface area contributed by atoms with Crippen molar-refractivity contribution in [1.82, 2.24) is 0 Å². The van der Waals surface area contributed by atoms with Crippen molar-refractivity contribution >= 4 is 39.2 Å². The number of imide groups is 1. The lowest BCUT2D eigenvalue weighted by Gasteiger charge is -2.43. The molecule has 2 aromatic carbocycles. The van der Waals surface area contributed by atoms with Crippen LogP contribution in [0.2, 0.25) is 0 Å². The standard InChI is InChI=1S/C20H14BrNO3/c21-10-4-3-5-11(8-10)22-19(24)17-14-9-15(23)16(18(17)20(22)25)13-7-2-1-6-12(13)14/h1-8,14,16-18H,9H2/t14-,16+,17+,18+/m0/s1. The van der Waals surface area contributed by atoms with Crippen LogP contribution in [0.4, 0.5) is 5.69 Å². The van der Waals surface area contributed by atoms with Gasteiger partial charge in [-0.05, 0) is 29.3 Å². The third-order valence-corrected chi connectivity index (χ3v) is 6.25. The highest BCUT2D eigenvalue weighted by Crippen LogP contribution is 2.57. The van der Waals surface area contributed by atoms with Gasteiger partial charge < -0.3 is 0 Å². The number of carbonyl (C=O) groups excluding carboxylic acids is 3. The molecule has 6 rings (SSSR count). The summed E-state index contributed by atoms with van der Waals surface area (Å²) in [6.07, 6.45) is 0.355. The second-order valence-electron chi connectivity index (χ2n) is 6.93.